The molecule has 4 nitrogen and oxygen atoms in total. The first-order valence-corrected chi connectivity index (χ1v) is 8.50. The van der Waals surface area contributed by atoms with E-state index in [1.807, 2.05) is 48.5 Å². The average Bonchev–Trinajstić information content (AvgIpc) is 2.62. The van der Waals surface area contributed by atoms with Crippen LogP contribution in [0, 0.1) is 0 Å². The lowest BCUT2D eigenvalue weighted by Gasteiger charge is -2.14. The topological polar surface area (TPSA) is 61.4 Å². The van der Waals surface area contributed by atoms with Gasteiger partial charge in [0.2, 0.25) is 0 Å². The van der Waals surface area contributed by atoms with Crippen molar-refractivity contribution in [3.63, 3.8) is 0 Å². The highest BCUT2D eigenvalue weighted by molar-refractivity contribution is 5.73. The fourth-order valence-corrected chi connectivity index (χ4v) is 2.58. The van der Waals surface area contributed by atoms with Gasteiger partial charge in [-0.05, 0) is 30.5 Å². The fourth-order valence-electron chi connectivity index (χ4n) is 2.58. The summed E-state index contributed by atoms with van der Waals surface area (Å²) in [4.78, 5) is 11.3. The second-order valence-electron chi connectivity index (χ2n) is 5.92. The molecule has 0 radical (unpaired) electrons. The lowest BCUT2D eigenvalue weighted by molar-refractivity contribution is -0.139. The highest BCUT2D eigenvalue weighted by Crippen LogP contribution is 2.04. The number of carboxylic acid groups (broad SMARTS) is 1. The minimum absolute atomic E-state index is 0.487. The van der Waals surface area contributed by atoms with Crippen molar-refractivity contribution in [2.45, 2.75) is 38.4 Å². The molecule has 0 saturated heterocycles. The molecule has 0 fully saturated rings. The molecule has 0 aliphatic rings. The van der Waals surface area contributed by atoms with Gasteiger partial charge in [0, 0.05) is 13.1 Å². The summed E-state index contributed by atoms with van der Waals surface area (Å²) < 4.78 is 0. The Labute approximate surface area is 143 Å². The molecule has 0 aliphatic carbocycles. The van der Waals surface area contributed by atoms with Crippen LogP contribution in [0.15, 0.2) is 60.7 Å². The summed E-state index contributed by atoms with van der Waals surface area (Å²) in [6.45, 7) is 2.35. The van der Waals surface area contributed by atoms with Crippen molar-refractivity contribution in [2.24, 2.45) is 0 Å². The number of carboxylic acids is 1. The lowest BCUT2D eigenvalue weighted by atomic mass is 10.1. The number of unbranched alkanes of at least 4 members (excludes halogenated alkanes) is 1. The monoisotopic (exact) mass is 326 g/mol. The summed E-state index contributed by atoms with van der Waals surface area (Å²) in [6.07, 6.45) is 2.51. The predicted molar refractivity (Wildman–Crippen MR) is 96.7 cm³/mol. The zero-order valence-electron chi connectivity index (χ0n) is 13.9. The summed E-state index contributed by atoms with van der Waals surface area (Å²) >= 11 is 0. The number of hydrogen-bond acceptors (Lipinski definition) is 3. The second kappa shape index (κ2) is 10.6. The van der Waals surface area contributed by atoms with Gasteiger partial charge in [0.15, 0.2) is 0 Å². The van der Waals surface area contributed by atoms with Crippen LogP contribution >= 0.6 is 0 Å². The summed E-state index contributed by atoms with van der Waals surface area (Å²) in [6, 6.07) is 19.7. The van der Waals surface area contributed by atoms with Gasteiger partial charge >= 0.3 is 5.97 Å². The van der Waals surface area contributed by atoms with Gasteiger partial charge in [-0.25, -0.2) is 0 Å². The van der Waals surface area contributed by atoms with Crippen molar-refractivity contribution in [3.05, 3.63) is 71.8 Å². The first-order valence-electron chi connectivity index (χ1n) is 8.50. The van der Waals surface area contributed by atoms with E-state index in [1.165, 1.54) is 5.56 Å². The largest absolute Gasteiger partial charge is 0.480 e. The van der Waals surface area contributed by atoms with Crippen LogP contribution in [0.3, 0.4) is 0 Å². The van der Waals surface area contributed by atoms with E-state index in [9.17, 15) is 9.90 Å². The van der Waals surface area contributed by atoms with E-state index in [1.54, 1.807) is 0 Å². The highest BCUT2D eigenvalue weighted by atomic mass is 16.4. The summed E-state index contributed by atoms with van der Waals surface area (Å²) in [5, 5.41) is 15.9. The van der Waals surface area contributed by atoms with Gasteiger partial charge in [-0.3, -0.25) is 4.79 Å². The van der Waals surface area contributed by atoms with Crippen LogP contribution in [0.5, 0.6) is 0 Å². The normalized spacial score (nSPS) is 12.0. The average molecular weight is 326 g/mol. The third-order valence-corrected chi connectivity index (χ3v) is 3.96. The Bertz CT molecular complexity index is 587. The SMILES string of the molecule is O=C(O)[C@H](CCCCNCc1ccccc1)NCc1ccccc1. The zero-order chi connectivity index (χ0) is 17.0. The van der Waals surface area contributed by atoms with Crippen LogP contribution in [0.4, 0.5) is 0 Å². The number of rotatable bonds is 11. The molecular weight excluding hydrogens is 300 g/mol. The number of aliphatic carboxylic acids is 1. The van der Waals surface area contributed by atoms with Crippen molar-refractivity contribution in [1.29, 1.82) is 0 Å². The molecule has 2 rings (SSSR count). The number of carbonyl (C=O) groups is 1. The maximum absolute atomic E-state index is 11.3. The molecule has 1 atom stereocenters. The van der Waals surface area contributed by atoms with E-state index in [0.29, 0.717) is 13.0 Å². The molecule has 0 heterocycles. The summed E-state index contributed by atoms with van der Waals surface area (Å²) in [5.74, 6) is -0.775. The molecule has 128 valence electrons. The molecule has 2 aromatic rings. The van der Waals surface area contributed by atoms with Crippen LogP contribution in [0.2, 0.25) is 0 Å². The number of benzene rings is 2. The third kappa shape index (κ3) is 6.94. The van der Waals surface area contributed by atoms with Crippen molar-refractivity contribution in [1.82, 2.24) is 10.6 Å². The highest BCUT2D eigenvalue weighted by Gasteiger charge is 2.15. The Morgan fingerprint density at radius 3 is 2.04 bits per heavy atom. The lowest BCUT2D eigenvalue weighted by Crippen LogP contribution is -2.36. The van der Waals surface area contributed by atoms with Crippen molar-refractivity contribution in [3.8, 4) is 0 Å². The standard InChI is InChI=1S/C20H26N2O2/c23-20(24)19(22-16-18-11-5-2-6-12-18)13-7-8-14-21-15-17-9-3-1-4-10-17/h1-6,9-12,19,21-22H,7-8,13-16H2,(H,23,24)/t19-/m0/s1. The van der Waals surface area contributed by atoms with Crippen LogP contribution in [0.1, 0.15) is 30.4 Å². The van der Waals surface area contributed by atoms with Crippen molar-refractivity contribution >= 4 is 5.97 Å². The smallest absolute Gasteiger partial charge is 0.320 e. The van der Waals surface area contributed by atoms with E-state index in [-0.39, 0.29) is 0 Å². The number of hydrogen-bond donors (Lipinski definition) is 3. The molecule has 0 spiro atoms. The molecule has 0 amide bonds. The van der Waals surface area contributed by atoms with E-state index in [2.05, 4.69) is 22.8 Å². The van der Waals surface area contributed by atoms with Gasteiger partial charge in [0.05, 0.1) is 0 Å². The van der Waals surface area contributed by atoms with Crippen LogP contribution in [0.25, 0.3) is 0 Å². The first kappa shape index (κ1) is 18.2. The maximum atomic E-state index is 11.3. The van der Waals surface area contributed by atoms with E-state index >= 15 is 0 Å². The van der Waals surface area contributed by atoms with Crippen LogP contribution in [-0.2, 0) is 17.9 Å². The third-order valence-electron chi connectivity index (χ3n) is 3.96. The van der Waals surface area contributed by atoms with Gasteiger partial charge in [-0.1, -0.05) is 67.1 Å². The van der Waals surface area contributed by atoms with E-state index in [0.717, 1.165) is 31.5 Å². The Morgan fingerprint density at radius 2 is 1.46 bits per heavy atom. The molecular formula is C20H26N2O2. The summed E-state index contributed by atoms with van der Waals surface area (Å²) in [7, 11) is 0. The molecule has 0 bridgehead atoms. The molecule has 4 heteroatoms. The Balaban J connectivity index is 1.60. The molecule has 2 aromatic carbocycles. The van der Waals surface area contributed by atoms with Crippen molar-refractivity contribution in [2.75, 3.05) is 6.54 Å². The maximum Gasteiger partial charge on any atom is 0.320 e. The minimum atomic E-state index is -0.775. The second-order valence-corrected chi connectivity index (χ2v) is 5.92. The zero-order valence-corrected chi connectivity index (χ0v) is 13.9. The molecule has 0 aliphatic heterocycles. The van der Waals surface area contributed by atoms with Crippen molar-refractivity contribution < 1.29 is 9.90 Å². The van der Waals surface area contributed by atoms with Gasteiger partial charge in [0.25, 0.3) is 0 Å². The summed E-state index contributed by atoms with van der Waals surface area (Å²) in [5.41, 5.74) is 2.37. The predicted octanol–water partition coefficient (Wildman–Crippen LogP) is 3.19. The van der Waals surface area contributed by atoms with Crippen LogP contribution < -0.4 is 10.6 Å². The fraction of sp³-hybridized carbons (Fsp3) is 0.350. The Morgan fingerprint density at radius 1 is 0.875 bits per heavy atom. The Hall–Kier alpha value is -2.17. The molecule has 3 N–H and O–H groups in total. The van der Waals surface area contributed by atoms with Gasteiger partial charge in [-0.15, -0.1) is 0 Å². The van der Waals surface area contributed by atoms with Gasteiger partial charge in [0.1, 0.15) is 6.04 Å². The molecule has 0 unspecified atom stereocenters. The van der Waals surface area contributed by atoms with Gasteiger partial charge in [-0.2, -0.15) is 0 Å². The quantitative estimate of drug-likeness (QED) is 0.555. The molecule has 24 heavy (non-hydrogen) atoms. The van der Waals surface area contributed by atoms with Gasteiger partial charge < -0.3 is 15.7 Å². The number of nitrogens with one attached hydrogen (secondary N) is 2. The molecule has 0 saturated carbocycles. The first-order chi connectivity index (χ1) is 11.8. The Kier molecular flexibility index (Phi) is 8.01. The van der Waals surface area contributed by atoms with E-state index in [4.69, 9.17) is 0 Å². The molecule has 0 aromatic heterocycles. The minimum Gasteiger partial charge on any atom is -0.480 e. The van der Waals surface area contributed by atoms with E-state index < -0.39 is 12.0 Å². The van der Waals surface area contributed by atoms with Crippen LogP contribution in [-0.4, -0.2) is 23.7 Å².